The third kappa shape index (κ3) is 4.39. The Morgan fingerprint density at radius 3 is 3.05 bits per heavy atom. The van der Waals surface area contributed by atoms with E-state index in [0.29, 0.717) is 28.4 Å². The van der Waals surface area contributed by atoms with Crippen molar-refractivity contribution in [3.8, 4) is 0 Å². The highest BCUT2D eigenvalue weighted by Gasteiger charge is 2.28. The lowest BCUT2D eigenvalue weighted by atomic mass is 9.98. The van der Waals surface area contributed by atoms with E-state index >= 15 is 0 Å². The van der Waals surface area contributed by atoms with E-state index in [0.717, 1.165) is 19.4 Å². The second-order valence-corrected chi connectivity index (χ2v) is 6.33. The molecular formula is C15H18BrFN2O2S. The van der Waals surface area contributed by atoms with Crippen molar-refractivity contribution in [3.63, 3.8) is 0 Å². The van der Waals surface area contributed by atoms with Crippen LogP contribution in [0.2, 0.25) is 0 Å². The van der Waals surface area contributed by atoms with Crippen LogP contribution in [0.15, 0.2) is 22.7 Å². The van der Waals surface area contributed by atoms with Crippen molar-refractivity contribution in [3.05, 3.63) is 28.5 Å². The second kappa shape index (κ2) is 7.87. The van der Waals surface area contributed by atoms with Gasteiger partial charge in [-0.1, -0.05) is 0 Å². The molecule has 120 valence electrons. The molecule has 7 heteroatoms. The zero-order valence-electron chi connectivity index (χ0n) is 12.3. The number of anilines is 1. The molecule has 1 aliphatic heterocycles. The van der Waals surface area contributed by atoms with E-state index in [1.54, 1.807) is 13.0 Å². The van der Waals surface area contributed by atoms with Gasteiger partial charge in [0.25, 0.3) is 0 Å². The summed E-state index contributed by atoms with van der Waals surface area (Å²) in [5, 5.41) is 3.62. The molecule has 0 saturated carbocycles. The summed E-state index contributed by atoms with van der Waals surface area (Å²) >= 11 is 8.70. The number of thiocarbonyl (C=S) groups is 1. The fourth-order valence-corrected chi connectivity index (χ4v) is 3.12. The van der Waals surface area contributed by atoms with Crippen LogP contribution in [0.25, 0.3) is 0 Å². The van der Waals surface area contributed by atoms with E-state index in [-0.39, 0.29) is 17.7 Å². The van der Waals surface area contributed by atoms with Gasteiger partial charge in [0.1, 0.15) is 5.82 Å². The topological polar surface area (TPSA) is 41.6 Å². The molecule has 0 spiro atoms. The predicted molar refractivity (Wildman–Crippen MR) is 91.3 cm³/mol. The third-order valence-electron chi connectivity index (χ3n) is 3.50. The van der Waals surface area contributed by atoms with E-state index in [9.17, 15) is 9.18 Å². The molecule has 1 N–H and O–H groups in total. The minimum Gasteiger partial charge on any atom is -0.466 e. The number of piperidine rings is 1. The van der Waals surface area contributed by atoms with Gasteiger partial charge in [-0.2, -0.15) is 0 Å². The first-order valence-corrected chi connectivity index (χ1v) is 8.39. The van der Waals surface area contributed by atoms with Crippen LogP contribution >= 0.6 is 28.1 Å². The highest BCUT2D eigenvalue weighted by molar-refractivity contribution is 9.10. The quantitative estimate of drug-likeness (QED) is 0.633. The molecule has 1 unspecified atom stereocenters. The summed E-state index contributed by atoms with van der Waals surface area (Å²) in [5.41, 5.74) is 0.699. The van der Waals surface area contributed by atoms with Gasteiger partial charge in [0.15, 0.2) is 5.11 Å². The first kappa shape index (κ1) is 17.1. The average molecular weight is 389 g/mol. The maximum atomic E-state index is 13.1. The summed E-state index contributed by atoms with van der Waals surface area (Å²) in [7, 11) is 0. The molecule has 2 rings (SSSR count). The number of carbonyl (C=O) groups is 1. The zero-order valence-corrected chi connectivity index (χ0v) is 14.7. The molecule has 1 fully saturated rings. The zero-order chi connectivity index (χ0) is 16.1. The summed E-state index contributed by atoms with van der Waals surface area (Å²) in [6.07, 6.45) is 1.70. The fourth-order valence-electron chi connectivity index (χ4n) is 2.40. The molecule has 0 bridgehead atoms. The summed E-state index contributed by atoms with van der Waals surface area (Å²) < 4.78 is 18.8. The van der Waals surface area contributed by atoms with Crippen LogP contribution in [0.3, 0.4) is 0 Å². The molecule has 1 atom stereocenters. The number of carbonyl (C=O) groups excluding carboxylic acids is 1. The Morgan fingerprint density at radius 1 is 1.59 bits per heavy atom. The standard InChI is InChI=1S/C15H18BrFN2O2S/c1-2-21-14(20)10-4-3-7-19(9-10)15(22)18-13-6-5-11(17)8-12(13)16/h5-6,8,10H,2-4,7,9H2,1H3,(H,18,22). The lowest BCUT2D eigenvalue weighted by Crippen LogP contribution is -2.44. The van der Waals surface area contributed by atoms with Gasteiger partial charge in [-0.3, -0.25) is 4.79 Å². The fraction of sp³-hybridized carbons (Fsp3) is 0.467. The summed E-state index contributed by atoms with van der Waals surface area (Å²) in [4.78, 5) is 13.8. The molecule has 0 radical (unpaired) electrons. The van der Waals surface area contributed by atoms with Crippen LogP contribution < -0.4 is 5.32 Å². The minimum atomic E-state index is -0.316. The van der Waals surface area contributed by atoms with Gasteiger partial charge in [-0.25, -0.2) is 4.39 Å². The van der Waals surface area contributed by atoms with Gasteiger partial charge >= 0.3 is 5.97 Å². The Balaban J connectivity index is 1.98. The number of esters is 1. The molecule has 1 aromatic carbocycles. The third-order valence-corrected chi connectivity index (χ3v) is 4.52. The predicted octanol–water partition coefficient (Wildman–Crippen LogP) is 3.56. The van der Waals surface area contributed by atoms with Crippen LogP contribution in [0.4, 0.5) is 10.1 Å². The lowest BCUT2D eigenvalue weighted by Gasteiger charge is -2.33. The van der Waals surface area contributed by atoms with E-state index in [2.05, 4.69) is 21.2 Å². The number of likely N-dealkylation sites (tertiary alicyclic amines) is 1. The van der Waals surface area contributed by atoms with Crippen molar-refractivity contribution in [1.82, 2.24) is 4.90 Å². The first-order chi connectivity index (χ1) is 10.5. The number of nitrogens with one attached hydrogen (secondary N) is 1. The SMILES string of the molecule is CCOC(=O)C1CCCN(C(=S)Nc2ccc(F)cc2Br)C1. The van der Waals surface area contributed by atoms with E-state index in [1.165, 1.54) is 12.1 Å². The van der Waals surface area contributed by atoms with Crippen LogP contribution in [-0.2, 0) is 9.53 Å². The van der Waals surface area contributed by atoms with Crippen LogP contribution in [0.5, 0.6) is 0 Å². The van der Waals surface area contributed by atoms with Crippen molar-refractivity contribution in [1.29, 1.82) is 0 Å². The van der Waals surface area contributed by atoms with E-state index < -0.39 is 0 Å². The molecule has 22 heavy (non-hydrogen) atoms. The number of hydrogen-bond acceptors (Lipinski definition) is 3. The maximum absolute atomic E-state index is 13.1. The molecule has 1 saturated heterocycles. The summed E-state index contributed by atoms with van der Waals surface area (Å²) in [5.74, 6) is -0.633. The van der Waals surface area contributed by atoms with Crippen molar-refractivity contribution in [2.24, 2.45) is 5.92 Å². The molecule has 1 aliphatic rings. The van der Waals surface area contributed by atoms with Crippen LogP contribution in [0, 0.1) is 11.7 Å². The Hall–Kier alpha value is -1.21. The Morgan fingerprint density at radius 2 is 2.36 bits per heavy atom. The molecule has 4 nitrogen and oxygen atoms in total. The van der Waals surface area contributed by atoms with E-state index in [4.69, 9.17) is 17.0 Å². The number of ether oxygens (including phenoxy) is 1. The number of halogens is 2. The molecule has 1 aromatic rings. The molecule has 0 aliphatic carbocycles. The Kier molecular flexibility index (Phi) is 6.14. The van der Waals surface area contributed by atoms with E-state index in [1.807, 2.05) is 4.90 Å². The molecule has 1 heterocycles. The van der Waals surface area contributed by atoms with Gasteiger partial charge in [-0.15, -0.1) is 0 Å². The van der Waals surface area contributed by atoms with Crippen molar-refractivity contribution < 1.29 is 13.9 Å². The van der Waals surface area contributed by atoms with Gasteiger partial charge < -0.3 is 15.0 Å². The Bertz CT molecular complexity index is 570. The van der Waals surface area contributed by atoms with Gasteiger partial charge in [0.2, 0.25) is 0 Å². The highest BCUT2D eigenvalue weighted by atomic mass is 79.9. The largest absolute Gasteiger partial charge is 0.466 e. The number of benzene rings is 1. The molecular weight excluding hydrogens is 371 g/mol. The smallest absolute Gasteiger partial charge is 0.310 e. The number of nitrogens with zero attached hydrogens (tertiary/aromatic N) is 1. The first-order valence-electron chi connectivity index (χ1n) is 7.19. The normalized spacial score (nSPS) is 18.0. The average Bonchev–Trinajstić information content (AvgIpc) is 2.50. The summed E-state index contributed by atoms with van der Waals surface area (Å²) in [6.45, 7) is 3.53. The second-order valence-electron chi connectivity index (χ2n) is 5.09. The van der Waals surface area contributed by atoms with Gasteiger partial charge in [0.05, 0.1) is 18.2 Å². The molecule has 0 aromatic heterocycles. The monoisotopic (exact) mass is 388 g/mol. The van der Waals surface area contributed by atoms with Crippen LogP contribution in [-0.4, -0.2) is 35.7 Å². The lowest BCUT2D eigenvalue weighted by molar-refractivity contribution is -0.149. The van der Waals surface area contributed by atoms with Crippen LogP contribution in [0.1, 0.15) is 19.8 Å². The summed E-state index contributed by atoms with van der Waals surface area (Å²) in [6, 6.07) is 4.37. The van der Waals surface area contributed by atoms with Crippen molar-refractivity contribution in [2.75, 3.05) is 25.0 Å². The minimum absolute atomic E-state index is 0.148. The number of rotatable bonds is 3. The highest BCUT2D eigenvalue weighted by Crippen LogP contribution is 2.24. The van der Waals surface area contributed by atoms with Crippen molar-refractivity contribution >= 4 is 44.9 Å². The molecule has 0 amide bonds. The Labute approximate surface area is 143 Å². The maximum Gasteiger partial charge on any atom is 0.310 e. The van der Waals surface area contributed by atoms with Gasteiger partial charge in [-0.05, 0) is 66.1 Å². The van der Waals surface area contributed by atoms with Crippen molar-refractivity contribution in [2.45, 2.75) is 19.8 Å². The number of hydrogen-bond donors (Lipinski definition) is 1. The van der Waals surface area contributed by atoms with Gasteiger partial charge in [0, 0.05) is 17.6 Å².